The smallest absolute Gasteiger partial charge is 0.00103 e. The van der Waals surface area contributed by atoms with Gasteiger partial charge in [-0.25, -0.2) is 0 Å². The summed E-state index contributed by atoms with van der Waals surface area (Å²) in [5.74, 6) is 0.969. The van der Waals surface area contributed by atoms with Crippen LogP contribution in [-0.4, -0.2) is 25.7 Å². The van der Waals surface area contributed by atoms with Crippen LogP contribution in [0.3, 0.4) is 0 Å². The highest BCUT2D eigenvalue weighted by atomic mass is 14.9. The summed E-state index contributed by atoms with van der Waals surface area (Å²) in [4.78, 5) is 0. The summed E-state index contributed by atoms with van der Waals surface area (Å²) >= 11 is 0. The lowest BCUT2D eigenvalue weighted by Gasteiger charge is -2.21. The molecule has 0 heterocycles. The van der Waals surface area contributed by atoms with Gasteiger partial charge in [-0.1, -0.05) is 33.1 Å². The van der Waals surface area contributed by atoms with E-state index in [-0.39, 0.29) is 0 Å². The minimum absolute atomic E-state index is 0.628. The van der Waals surface area contributed by atoms with Gasteiger partial charge < -0.3 is 10.6 Å². The van der Waals surface area contributed by atoms with Crippen molar-refractivity contribution in [1.82, 2.24) is 10.6 Å². The first-order valence-electron chi connectivity index (χ1n) is 6.73. The Labute approximate surface area is 95.2 Å². The lowest BCUT2D eigenvalue weighted by Crippen LogP contribution is -2.29. The third-order valence-corrected chi connectivity index (χ3v) is 3.24. The molecule has 0 aliphatic heterocycles. The van der Waals surface area contributed by atoms with Crippen LogP contribution in [0.4, 0.5) is 0 Å². The molecule has 0 bridgehead atoms. The molecule has 2 heteroatoms. The first kappa shape index (κ1) is 13.0. The van der Waals surface area contributed by atoms with Crippen LogP contribution in [-0.2, 0) is 0 Å². The van der Waals surface area contributed by atoms with Crippen molar-refractivity contribution in [3.63, 3.8) is 0 Å². The Hall–Kier alpha value is -0.0800. The van der Waals surface area contributed by atoms with Crippen molar-refractivity contribution in [2.45, 2.75) is 58.4 Å². The van der Waals surface area contributed by atoms with Crippen LogP contribution in [0.1, 0.15) is 52.4 Å². The fourth-order valence-electron chi connectivity index (χ4n) is 2.30. The fraction of sp³-hybridized carbons (Fsp3) is 1.00. The Morgan fingerprint density at radius 3 is 2.47 bits per heavy atom. The third-order valence-electron chi connectivity index (χ3n) is 3.24. The molecule has 0 aromatic carbocycles. The van der Waals surface area contributed by atoms with E-state index in [1.165, 1.54) is 51.6 Å². The highest BCUT2D eigenvalue weighted by molar-refractivity contribution is 4.68. The number of nitrogens with one attached hydrogen (secondary N) is 2. The Morgan fingerprint density at radius 2 is 1.80 bits per heavy atom. The van der Waals surface area contributed by atoms with Gasteiger partial charge in [0, 0.05) is 6.04 Å². The molecule has 0 spiro atoms. The SMILES string of the molecule is CC(C)NCCCNCC1CCCCC1. The van der Waals surface area contributed by atoms with Gasteiger partial charge in [-0.15, -0.1) is 0 Å². The summed E-state index contributed by atoms with van der Waals surface area (Å²) in [6.45, 7) is 7.98. The van der Waals surface area contributed by atoms with E-state index in [0.29, 0.717) is 6.04 Å². The Bertz CT molecular complexity index is 139. The molecule has 1 aliphatic carbocycles. The van der Waals surface area contributed by atoms with Gasteiger partial charge in [0.25, 0.3) is 0 Å². The van der Waals surface area contributed by atoms with E-state index in [1.807, 2.05) is 0 Å². The summed E-state index contributed by atoms with van der Waals surface area (Å²) in [6.07, 6.45) is 8.55. The summed E-state index contributed by atoms with van der Waals surface area (Å²) in [5, 5.41) is 7.03. The van der Waals surface area contributed by atoms with E-state index in [0.717, 1.165) is 12.5 Å². The zero-order chi connectivity index (χ0) is 10.9. The van der Waals surface area contributed by atoms with Crippen molar-refractivity contribution in [3.8, 4) is 0 Å². The van der Waals surface area contributed by atoms with Gasteiger partial charge in [-0.05, 0) is 44.8 Å². The standard InChI is InChI=1S/C13H28N2/c1-12(2)15-10-6-9-14-11-13-7-4-3-5-8-13/h12-15H,3-11H2,1-2H3. The lowest BCUT2D eigenvalue weighted by atomic mass is 9.89. The van der Waals surface area contributed by atoms with E-state index < -0.39 is 0 Å². The van der Waals surface area contributed by atoms with Gasteiger partial charge in [-0.3, -0.25) is 0 Å². The average molecular weight is 212 g/mol. The van der Waals surface area contributed by atoms with Crippen LogP contribution in [0.5, 0.6) is 0 Å². The van der Waals surface area contributed by atoms with Crippen molar-refractivity contribution in [1.29, 1.82) is 0 Å². The van der Waals surface area contributed by atoms with Crippen molar-refractivity contribution in [3.05, 3.63) is 0 Å². The van der Waals surface area contributed by atoms with Crippen molar-refractivity contribution in [2.24, 2.45) is 5.92 Å². The van der Waals surface area contributed by atoms with E-state index in [9.17, 15) is 0 Å². The molecule has 2 N–H and O–H groups in total. The largest absolute Gasteiger partial charge is 0.316 e. The monoisotopic (exact) mass is 212 g/mol. The van der Waals surface area contributed by atoms with E-state index >= 15 is 0 Å². The predicted octanol–water partition coefficient (Wildman–Crippen LogP) is 2.54. The summed E-state index contributed by atoms with van der Waals surface area (Å²) < 4.78 is 0. The van der Waals surface area contributed by atoms with Gasteiger partial charge >= 0.3 is 0 Å². The fourth-order valence-corrected chi connectivity index (χ4v) is 2.30. The number of hydrogen-bond donors (Lipinski definition) is 2. The zero-order valence-corrected chi connectivity index (χ0v) is 10.5. The normalized spacial score (nSPS) is 18.6. The molecule has 1 saturated carbocycles. The topological polar surface area (TPSA) is 24.1 Å². The molecule has 15 heavy (non-hydrogen) atoms. The number of rotatable bonds is 7. The highest BCUT2D eigenvalue weighted by Gasteiger charge is 2.11. The maximum Gasteiger partial charge on any atom is 0.00103 e. The molecule has 0 radical (unpaired) electrons. The maximum absolute atomic E-state index is 3.59. The molecule has 2 nitrogen and oxygen atoms in total. The van der Waals surface area contributed by atoms with Crippen LogP contribution >= 0.6 is 0 Å². The van der Waals surface area contributed by atoms with Gasteiger partial charge in [0.15, 0.2) is 0 Å². The summed E-state index contributed by atoms with van der Waals surface area (Å²) in [6, 6.07) is 0.628. The predicted molar refractivity (Wildman–Crippen MR) is 67.2 cm³/mol. The van der Waals surface area contributed by atoms with Crippen molar-refractivity contribution in [2.75, 3.05) is 19.6 Å². The van der Waals surface area contributed by atoms with Crippen molar-refractivity contribution >= 4 is 0 Å². The maximum atomic E-state index is 3.59. The first-order chi connectivity index (χ1) is 7.29. The molecular weight excluding hydrogens is 184 g/mol. The first-order valence-corrected chi connectivity index (χ1v) is 6.73. The number of hydrogen-bond acceptors (Lipinski definition) is 2. The van der Waals surface area contributed by atoms with E-state index in [4.69, 9.17) is 0 Å². The zero-order valence-electron chi connectivity index (χ0n) is 10.5. The highest BCUT2D eigenvalue weighted by Crippen LogP contribution is 2.22. The second kappa shape index (κ2) is 8.12. The minimum Gasteiger partial charge on any atom is -0.316 e. The molecular formula is C13H28N2. The van der Waals surface area contributed by atoms with E-state index in [2.05, 4.69) is 24.5 Å². The van der Waals surface area contributed by atoms with Crippen molar-refractivity contribution < 1.29 is 0 Å². The Kier molecular flexibility index (Phi) is 7.03. The molecule has 90 valence electrons. The van der Waals surface area contributed by atoms with Crippen LogP contribution in [0.15, 0.2) is 0 Å². The summed E-state index contributed by atoms with van der Waals surface area (Å²) in [7, 11) is 0. The Balaban J connectivity index is 1.83. The van der Waals surface area contributed by atoms with Crippen LogP contribution in [0, 0.1) is 5.92 Å². The minimum atomic E-state index is 0.628. The molecule has 0 aromatic heterocycles. The third kappa shape index (κ3) is 6.91. The second-order valence-corrected chi connectivity index (χ2v) is 5.17. The van der Waals surface area contributed by atoms with Gasteiger partial charge in [0.1, 0.15) is 0 Å². The van der Waals surface area contributed by atoms with Gasteiger partial charge in [0.05, 0.1) is 0 Å². The molecule has 0 atom stereocenters. The molecule has 1 aliphatic rings. The van der Waals surface area contributed by atoms with E-state index in [1.54, 1.807) is 0 Å². The second-order valence-electron chi connectivity index (χ2n) is 5.17. The summed E-state index contributed by atoms with van der Waals surface area (Å²) in [5.41, 5.74) is 0. The van der Waals surface area contributed by atoms with Crippen LogP contribution in [0.25, 0.3) is 0 Å². The molecule has 0 unspecified atom stereocenters. The van der Waals surface area contributed by atoms with Gasteiger partial charge in [0.2, 0.25) is 0 Å². The molecule has 1 fully saturated rings. The van der Waals surface area contributed by atoms with Crippen LogP contribution < -0.4 is 10.6 Å². The van der Waals surface area contributed by atoms with Crippen LogP contribution in [0.2, 0.25) is 0 Å². The average Bonchev–Trinajstić information content (AvgIpc) is 2.24. The van der Waals surface area contributed by atoms with Gasteiger partial charge in [-0.2, -0.15) is 0 Å². The molecule has 1 rings (SSSR count). The molecule has 0 saturated heterocycles. The Morgan fingerprint density at radius 1 is 1.07 bits per heavy atom. The molecule has 0 amide bonds. The lowest BCUT2D eigenvalue weighted by molar-refractivity contribution is 0.341. The quantitative estimate of drug-likeness (QED) is 0.634. The molecule has 0 aromatic rings.